The lowest BCUT2D eigenvalue weighted by Crippen LogP contribution is -2.38. The highest BCUT2D eigenvalue weighted by Crippen LogP contribution is 2.06. The van der Waals surface area contributed by atoms with Gasteiger partial charge in [-0.1, -0.05) is 0 Å². The largest absolute Gasteiger partial charge is 0.355 e. The Morgan fingerprint density at radius 1 is 1.06 bits per heavy atom. The number of nitrogens with zero attached hydrogens (tertiary/aromatic N) is 4. The molecule has 0 aliphatic heterocycles. The fraction of sp³-hybridized carbons (Fsp3) is 0.833. The molecule has 0 atom stereocenters. The Hall–Kier alpha value is -1.26. The molecule has 0 spiro atoms. The summed E-state index contributed by atoms with van der Waals surface area (Å²) in [7, 11) is 7.89. The lowest BCUT2D eigenvalue weighted by Gasteiger charge is -2.23. The van der Waals surface area contributed by atoms with Crippen molar-refractivity contribution in [2.24, 2.45) is 9.98 Å². The van der Waals surface area contributed by atoms with E-state index in [9.17, 15) is 0 Å². The Morgan fingerprint density at radius 2 is 1.53 bits per heavy atom. The molecule has 100 valence electrons. The smallest absolute Gasteiger partial charge is 0.221 e. The quantitative estimate of drug-likeness (QED) is 0.555. The van der Waals surface area contributed by atoms with Gasteiger partial charge in [-0.3, -0.25) is 0 Å². The van der Waals surface area contributed by atoms with Crippen LogP contribution >= 0.6 is 0 Å². The van der Waals surface area contributed by atoms with Gasteiger partial charge in [0.25, 0.3) is 0 Å². The van der Waals surface area contributed by atoms with Crippen molar-refractivity contribution in [3.63, 3.8) is 0 Å². The van der Waals surface area contributed by atoms with Crippen LogP contribution < -0.4 is 5.32 Å². The van der Waals surface area contributed by atoms with Crippen molar-refractivity contribution in [3.05, 3.63) is 0 Å². The Labute approximate surface area is 106 Å². The van der Waals surface area contributed by atoms with Crippen molar-refractivity contribution < 1.29 is 0 Å². The topological polar surface area (TPSA) is 43.2 Å². The minimum atomic E-state index is -0.134. The first-order valence-corrected chi connectivity index (χ1v) is 5.94. The number of nitrogens with one attached hydrogen (secondary N) is 1. The summed E-state index contributed by atoms with van der Waals surface area (Å²) in [6, 6.07) is 0. The van der Waals surface area contributed by atoms with E-state index < -0.39 is 0 Å². The van der Waals surface area contributed by atoms with Crippen LogP contribution in [0, 0.1) is 0 Å². The third-order valence-electron chi connectivity index (χ3n) is 1.78. The number of hydrogen-bond acceptors (Lipinski definition) is 1. The molecule has 5 heteroatoms. The summed E-state index contributed by atoms with van der Waals surface area (Å²) in [4.78, 5) is 13.1. The van der Waals surface area contributed by atoms with Crippen LogP contribution in [0.1, 0.15) is 27.7 Å². The van der Waals surface area contributed by atoms with E-state index in [0.717, 1.165) is 12.5 Å². The zero-order valence-corrected chi connectivity index (χ0v) is 12.5. The lowest BCUT2D eigenvalue weighted by molar-refractivity contribution is 0.484. The standard InChI is InChI=1S/C12H27N5/c1-9-13-10(15-12(2,3)4)14-11(16(5)6)17(7)8/h9H2,1-8H3,(H,13,15). The normalized spacial score (nSPS) is 12.1. The molecule has 0 heterocycles. The highest BCUT2D eigenvalue weighted by molar-refractivity contribution is 5.94. The van der Waals surface area contributed by atoms with Crippen LogP contribution in [0.25, 0.3) is 0 Å². The summed E-state index contributed by atoms with van der Waals surface area (Å²) >= 11 is 0. The van der Waals surface area contributed by atoms with Crippen LogP contribution in [0.4, 0.5) is 0 Å². The summed E-state index contributed by atoms with van der Waals surface area (Å²) in [5, 5.41) is 3.19. The zero-order valence-electron chi connectivity index (χ0n) is 12.5. The maximum atomic E-state index is 4.57. The van der Waals surface area contributed by atoms with E-state index in [0.29, 0.717) is 5.96 Å². The summed E-state index contributed by atoms with van der Waals surface area (Å²) in [5.74, 6) is 1.55. The number of rotatable bonds is 1. The molecule has 0 aromatic heterocycles. The van der Waals surface area contributed by atoms with E-state index in [1.807, 2.05) is 44.9 Å². The van der Waals surface area contributed by atoms with Crippen LogP contribution in [0.3, 0.4) is 0 Å². The molecule has 0 rings (SSSR count). The van der Waals surface area contributed by atoms with Gasteiger partial charge in [0, 0.05) is 34.7 Å². The molecule has 0 saturated carbocycles. The van der Waals surface area contributed by atoms with Gasteiger partial charge in [0.15, 0.2) is 0 Å². The molecule has 0 radical (unpaired) electrons. The molecule has 1 N–H and O–H groups in total. The lowest BCUT2D eigenvalue weighted by atomic mass is 10.1. The van der Waals surface area contributed by atoms with Crippen LogP contribution in [-0.4, -0.2) is 62.0 Å². The predicted molar refractivity (Wildman–Crippen MR) is 75.7 cm³/mol. The van der Waals surface area contributed by atoms with Gasteiger partial charge in [-0.25, -0.2) is 4.99 Å². The minimum Gasteiger partial charge on any atom is -0.355 e. The van der Waals surface area contributed by atoms with Crippen molar-refractivity contribution >= 4 is 11.9 Å². The van der Waals surface area contributed by atoms with Crippen LogP contribution in [-0.2, 0) is 0 Å². The van der Waals surface area contributed by atoms with E-state index in [1.165, 1.54) is 0 Å². The first kappa shape index (κ1) is 15.7. The van der Waals surface area contributed by atoms with E-state index in [2.05, 4.69) is 36.1 Å². The summed E-state index contributed by atoms with van der Waals surface area (Å²) in [6.45, 7) is 9.03. The molecule has 0 aliphatic carbocycles. The van der Waals surface area contributed by atoms with E-state index in [4.69, 9.17) is 0 Å². The van der Waals surface area contributed by atoms with Gasteiger partial charge in [0.05, 0.1) is 5.54 Å². The molecule has 17 heavy (non-hydrogen) atoms. The van der Waals surface area contributed by atoms with E-state index in [-0.39, 0.29) is 5.54 Å². The molecular weight excluding hydrogens is 214 g/mol. The second-order valence-electron chi connectivity index (χ2n) is 5.34. The van der Waals surface area contributed by atoms with Crippen LogP contribution in [0.2, 0.25) is 0 Å². The molecule has 0 fully saturated rings. The molecule has 0 saturated heterocycles. The van der Waals surface area contributed by atoms with E-state index in [1.54, 1.807) is 0 Å². The first-order valence-electron chi connectivity index (χ1n) is 5.94. The molecule has 0 aromatic rings. The van der Waals surface area contributed by atoms with Gasteiger partial charge in [-0.2, -0.15) is 4.99 Å². The van der Waals surface area contributed by atoms with Crippen molar-refractivity contribution in [1.82, 2.24) is 15.1 Å². The SMILES string of the molecule is CCNC(=NC(C)(C)C)N=C(N(C)C)N(C)C. The van der Waals surface area contributed by atoms with Crippen LogP contribution in [0.5, 0.6) is 0 Å². The Balaban J connectivity index is 5.20. The summed E-state index contributed by atoms with van der Waals surface area (Å²) < 4.78 is 0. The maximum Gasteiger partial charge on any atom is 0.221 e. The number of guanidine groups is 2. The molecule has 0 aliphatic rings. The second-order valence-corrected chi connectivity index (χ2v) is 5.34. The fourth-order valence-electron chi connectivity index (χ4n) is 1.27. The van der Waals surface area contributed by atoms with Gasteiger partial charge in [0.1, 0.15) is 0 Å². The average Bonchev–Trinajstić information content (AvgIpc) is 2.10. The molecule has 0 unspecified atom stereocenters. The Morgan fingerprint density at radius 3 is 1.82 bits per heavy atom. The number of hydrogen-bond donors (Lipinski definition) is 1. The van der Waals surface area contributed by atoms with E-state index >= 15 is 0 Å². The molecular formula is C12H27N5. The zero-order chi connectivity index (χ0) is 13.6. The third-order valence-corrected chi connectivity index (χ3v) is 1.78. The molecule has 0 amide bonds. The molecule has 5 nitrogen and oxygen atoms in total. The number of aliphatic imine (C=N–C) groups is 2. The van der Waals surface area contributed by atoms with Crippen molar-refractivity contribution in [1.29, 1.82) is 0 Å². The highest BCUT2D eigenvalue weighted by atomic mass is 15.4. The van der Waals surface area contributed by atoms with Gasteiger partial charge < -0.3 is 15.1 Å². The maximum absolute atomic E-state index is 4.57. The third kappa shape index (κ3) is 6.81. The van der Waals surface area contributed by atoms with Gasteiger partial charge in [-0.05, 0) is 27.7 Å². The van der Waals surface area contributed by atoms with Crippen LogP contribution in [0.15, 0.2) is 9.98 Å². The summed E-state index contributed by atoms with van der Waals surface area (Å²) in [6.07, 6.45) is 0. The monoisotopic (exact) mass is 241 g/mol. The fourth-order valence-corrected chi connectivity index (χ4v) is 1.27. The summed E-state index contributed by atoms with van der Waals surface area (Å²) in [5.41, 5.74) is -0.134. The van der Waals surface area contributed by atoms with Crippen molar-refractivity contribution in [3.8, 4) is 0 Å². The van der Waals surface area contributed by atoms with Crippen molar-refractivity contribution in [2.75, 3.05) is 34.7 Å². The highest BCUT2D eigenvalue weighted by Gasteiger charge is 2.11. The van der Waals surface area contributed by atoms with Gasteiger partial charge in [0.2, 0.25) is 11.9 Å². The first-order chi connectivity index (χ1) is 7.67. The Bertz CT molecular complexity index is 274. The Kier molecular flexibility index (Phi) is 5.99. The van der Waals surface area contributed by atoms with Crippen molar-refractivity contribution in [2.45, 2.75) is 33.2 Å². The molecule has 0 bridgehead atoms. The average molecular weight is 241 g/mol. The predicted octanol–water partition coefficient (Wildman–Crippen LogP) is 1.23. The van der Waals surface area contributed by atoms with Gasteiger partial charge >= 0.3 is 0 Å². The van der Waals surface area contributed by atoms with Gasteiger partial charge in [-0.15, -0.1) is 0 Å². The second kappa shape index (κ2) is 6.47. The minimum absolute atomic E-state index is 0.134. The molecule has 0 aromatic carbocycles.